The molecule has 1 amide bonds. The normalized spacial score (nSPS) is 19.4. The van der Waals surface area contributed by atoms with Crippen LogP contribution in [0.4, 0.5) is 5.82 Å². The lowest BCUT2D eigenvalue weighted by Gasteiger charge is -2.21. The number of hydrogen-bond donors (Lipinski definition) is 2. The van der Waals surface area contributed by atoms with E-state index in [0.717, 1.165) is 10.6 Å². The average molecular weight is 314 g/mol. The van der Waals surface area contributed by atoms with Crippen LogP contribution in [0.25, 0.3) is 0 Å². The molecule has 0 spiro atoms. The van der Waals surface area contributed by atoms with Crippen molar-refractivity contribution in [3.8, 4) is 0 Å². The van der Waals surface area contributed by atoms with Crippen molar-refractivity contribution in [1.29, 1.82) is 0 Å². The smallest absolute Gasteiger partial charge is 0.358 e. The molecule has 1 unspecified atom stereocenters. The summed E-state index contributed by atoms with van der Waals surface area (Å²) in [6.07, 6.45) is 4.41. The van der Waals surface area contributed by atoms with E-state index in [2.05, 4.69) is 15.3 Å². The number of carbonyl (C=O) groups is 2. The van der Waals surface area contributed by atoms with Crippen LogP contribution in [-0.4, -0.2) is 58.5 Å². The predicted octanol–water partition coefficient (Wildman–Crippen LogP) is -0.463. The highest BCUT2D eigenvalue weighted by molar-refractivity contribution is 7.88. The van der Waals surface area contributed by atoms with Crippen LogP contribution in [0.1, 0.15) is 23.3 Å². The van der Waals surface area contributed by atoms with E-state index in [4.69, 9.17) is 5.11 Å². The van der Waals surface area contributed by atoms with E-state index in [1.165, 1.54) is 12.4 Å². The van der Waals surface area contributed by atoms with E-state index < -0.39 is 33.6 Å². The molecule has 0 aliphatic carbocycles. The van der Waals surface area contributed by atoms with Gasteiger partial charge in [-0.05, 0) is 12.8 Å². The minimum Gasteiger partial charge on any atom is -0.476 e. The standard InChI is InChI=1S/C11H14N4O5S/c1-21(19,20)15-6-2-3-7(15)10(16)14-9-8(11(17)18)12-4-5-13-9/h4-5,7H,2-3,6H2,1H3,(H,17,18)(H,13,14,16). The fraction of sp³-hybridized carbons (Fsp3) is 0.455. The number of sulfonamides is 1. The summed E-state index contributed by atoms with van der Waals surface area (Å²) in [7, 11) is -3.50. The monoisotopic (exact) mass is 314 g/mol. The van der Waals surface area contributed by atoms with Crippen molar-refractivity contribution in [2.75, 3.05) is 18.1 Å². The Kier molecular flexibility index (Phi) is 4.19. The zero-order valence-corrected chi connectivity index (χ0v) is 12.0. The lowest BCUT2D eigenvalue weighted by molar-refractivity contribution is -0.119. The molecule has 114 valence electrons. The molecule has 9 nitrogen and oxygen atoms in total. The largest absolute Gasteiger partial charge is 0.476 e. The Bertz CT molecular complexity index is 675. The van der Waals surface area contributed by atoms with Crippen LogP contribution in [0, 0.1) is 0 Å². The van der Waals surface area contributed by atoms with Gasteiger partial charge in [-0.25, -0.2) is 23.2 Å². The highest BCUT2D eigenvalue weighted by Crippen LogP contribution is 2.22. The minimum absolute atomic E-state index is 0.199. The van der Waals surface area contributed by atoms with Gasteiger partial charge in [0.25, 0.3) is 0 Å². The number of nitrogens with one attached hydrogen (secondary N) is 1. The van der Waals surface area contributed by atoms with Crippen molar-refractivity contribution < 1.29 is 23.1 Å². The third kappa shape index (κ3) is 3.34. The molecule has 21 heavy (non-hydrogen) atoms. The molecule has 2 heterocycles. The summed E-state index contributed by atoms with van der Waals surface area (Å²) in [4.78, 5) is 30.5. The van der Waals surface area contributed by atoms with Crippen LogP contribution in [-0.2, 0) is 14.8 Å². The summed E-state index contributed by atoms with van der Waals surface area (Å²) in [5, 5.41) is 11.3. The molecule has 1 saturated heterocycles. The highest BCUT2D eigenvalue weighted by Gasteiger charge is 2.36. The summed E-state index contributed by atoms with van der Waals surface area (Å²) in [5.74, 6) is -2.14. The average Bonchev–Trinajstić information content (AvgIpc) is 2.88. The summed E-state index contributed by atoms with van der Waals surface area (Å²) >= 11 is 0. The molecule has 0 aromatic carbocycles. The van der Waals surface area contributed by atoms with Gasteiger partial charge in [0.2, 0.25) is 15.9 Å². The molecule has 2 rings (SSSR count). The van der Waals surface area contributed by atoms with Crippen molar-refractivity contribution in [3.05, 3.63) is 18.1 Å². The second-order valence-corrected chi connectivity index (χ2v) is 6.51. The Morgan fingerprint density at radius 3 is 2.67 bits per heavy atom. The van der Waals surface area contributed by atoms with E-state index in [1.54, 1.807) is 0 Å². The van der Waals surface area contributed by atoms with Gasteiger partial charge in [0.1, 0.15) is 6.04 Å². The second kappa shape index (κ2) is 5.74. The lowest BCUT2D eigenvalue weighted by atomic mass is 10.2. The molecule has 0 radical (unpaired) electrons. The minimum atomic E-state index is -3.50. The third-order valence-corrected chi connectivity index (χ3v) is 4.36. The number of anilines is 1. The van der Waals surface area contributed by atoms with Crippen LogP contribution in [0.3, 0.4) is 0 Å². The Labute approximate surface area is 121 Å². The van der Waals surface area contributed by atoms with Crippen molar-refractivity contribution in [2.45, 2.75) is 18.9 Å². The number of aromatic nitrogens is 2. The van der Waals surface area contributed by atoms with E-state index in [1.807, 2.05) is 0 Å². The number of aromatic carboxylic acids is 1. The van der Waals surface area contributed by atoms with Gasteiger partial charge in [-0.15, -0.1) is 0 Å². The molecule has 1 aliphatic heterocycles. The van der Waals surface area contributed by atoms with Crippen LogP contribution >= 0.6 is 0 Å². The number of carboxylic acid groups (broad SMARTS) is 1. The number of hydrogen-bond acceptors (Lipinski definition) is 6. The first-order valence-electron chi connectivity index (χ1n) is 6.12. The molecule has 1 aliphatic rings. The van der Waals surface area contributed by atoms with Crippen LogP contribution in [0.15, 0.2) is 12.4 Å². The van der Waals surface area contributed by atoms with Gasteiger partial charge in [-0.3, -0.25) is 4.79 Å². The topological polar surface area (TPSA) is 130 Å². The fourth-order valence-corrected chi connectivity index (χ4v) is 3.31. The quantitative estimate of drug-likeness (QED) is 0.769. The van der Waals surface area contributed by atoms with E-state index in [0.29, 0.717) is 12.8 Å². The number of carbonyl (C=O) groups excluding carboxylic acids is 1. The van der Waals surface area contributed by atoms with Crippen molar-refractivity contribution in [3.63, 3.8) is 0 Å². The van der Waals surface area contributed by atoms with Crippen molar-refractivity contribution in [1.82, 2.24) is 14.3 Å². The Hall–Kier alpha value is -2.07. The second-order valence-electron chi connectivity index (χ2n) is 4.58. The van der Waals surface area contributed by atoms with E-state index >= 15 is 0 Å². The van der Waals surface area contributed by atoms with E-state index in [-0.39, 0.29) is 12.4 Å². The van der Waals surface area contributed by atoms with Gasteiger partial charge in [0.15, 0.2) is 11.5 Å². The maximum absolute atomic E-state index is 12.2. The SMILES string of the molecule is CS(=O)(=O)N1CCCC1C(=O)Nc1nccnc1C(=O)O. The van der Waals surface area contributed by atoms with Gasteiger partial charge in [-0.1, -0.05) is 0 Å². The summed E-state index contributed by atoms with van der Waals surface area (Å²) in [5.41, 5.74) is -0.394. The molecule has 0 bridgehead atoms. The predicted molar refractivity (Wildman–Crippen MR) is 72.2 cm³/mol. The molecule has 10 heteroatoms. The molecular weight excluding hydrogens is 300 g/mol. The summed E-state index contributed by atoms with van der Waals surface area (Å²) in [6, 6.07) is -0.858. The molecule has 1 atom stereocenters. The first-order valence-corrected chi connectivity index (χ1v) is 7.97. The maximum atomic E-state index is 12.2. The Morgan fingerprint density at radius 1 is 1.38 bits per heavy atom. The number of rotatable bonds is 4. The Balaban J connectivity index is 2.21. The fourth-order valence-electron chi connectivity index (χ4n) is 2.19. The molecule has 2 N–H and O–H groups in total. The summed E-state index contributed by atoms with van der Waals surface area (Å²) < 4.78 is 24.3. The van der Waals surface area contributed by atoms with Gasteiger partial charge < -0.3 is 10.4 Å². The van der Waals surface area contributed by atoms with Crippen molar-refractivity contribution in [2.24, 2.45) is 0 Å². The first-order chi connectivity index (χ1) is 9.80. The van der Waals surface area contributed by atoms with E-state index in [9.17, 15) is 18.0 Å². The zero-order valence-electron chi connectivity index (χ0n) is 11.2. The van der Waals surface area contributed by atoms with Gasteiger partial charge in [0.05, 0.1) is 6.26 Å². The summed E-state index contributed by atoms with van der Waals surface area (Å²) in [6.45, 7) is 0.267. The van der Waals surface area contributed by atoms with Crippen molar-refractivity contribution >= 4 is 27.7 Å². The molecular formula is C11H14N4O5S. The number of carboxylic acids is 1. The first kappa shape index (κ1) is 15.3. The molecule has 1 aromatic heterocycles. The zero-order chi connectivity index (χ0) is 15.6. The van der Waals surface area contributed by atoms with Crippen LogP contribution in [0.5, 0.6) is 0 Å². The molecule has 1 aromatic rings. The van der Waals surface area contributed by atoms with Gasteiger partial charge in [-0.2, -0.15) is 4.31 Å². The molecule has 0 saturated carbocycles. The highest BCUT2D eigenvalue weighted by atomic mass is 32.2. The van der Waals surface area contributed by atoms with Crippen LogP contribution < -0.4 is 5.32 Å². The number of amides is 1. The van der Waals surface area contributed by atoms with Gasteiger partial charge in [0, 0.05) is 18.9 Å². The number of nitrogens with zero attached hydrogens (tertiary/aromatic N) is 3. The van der Waals surface area contributed by atoms with Gasteiger partial charge >= 0.3 is 5.97 Å². The lowest BCUT2D eigenvalue weighted by Crippen LogP contribution is -2.42. The molecule has 1 fully saturated rings. The maximum Gasteiger partial charge on any atom is 0.358 e. The Morgan fingerprint density at radius 2 is 2.05 bits per heavy atom. The van der Waals surface area contributed by atoms with Crippen LogP contribution in [0.2, 0.25) is 0 Å². The third-order valence-electron chi connectivity index (χ3n) is 3.07.